The van der Waals surface area contributed by atoms with Crippen LogP contribution in [0.3, 0.4) is 0 Å². The number of likely N-dealkylation sites (tertiary alicyclic amines) is 1. The number of Topliss-reactive ketones (excluding diaryl/α,β-unsaturated/α-hetero) is 1. The number of aromatic carboxylic acids is 1. The SMILES string of the molecule is C=CCC1(CC(C)C)C(=O)NC(=O)NC1=O.CC(C)Cc1ccc(C(C)C(=O)O)cc1.CC(CN1c2ccccc2Sc2ccccc21)N(C)C.COc1cccc([C@@]2(O)CCCC[C@@H]2CN(C)C)c1.Cn1c(=O)c2c(ncn2C)n(C)c1=O.O=C(O)c1cccnc1.O=C1CC[C@@]2(O)[C@H]3Cc4ccc(O)c5c4[C@@]2(CCN3CC2CC2)[C@H]1O5. The van der Waals surface area contributed by atoms with Crippen LogP contribution in [0, 0.1) is 29.1 Å². The lowest BCUT2D eigenvalue weighted by Gasteiger charge is -2.62. The lowest BCUT2D eigenvalue weighted by atomic mass is 9.49. The first kappa shape index (κ1) is 90.0. The number of urea groups is 1. The van der Waals surface area contributed by atoms with Crippen LogP contribution in [0.5, 0.6) is 17.2 Å². The minimum Gasteiger partial charge on any atom is -0.504 e. The number of amides is 4. The van der Waals surface area contributed by atoms with Crippen LogP contribution in [0.4, 0.5) is 16.2 Å². The lowest BCUT2D eigenvalue weighted by Crippen LogP contribution is -2.76. The Morgan fingerprint density at radius 3 is 2.01 bits per heavy atom. The Bertz CT molecular complexity index is 4980. The molecule has 7 heterocycles. The lowest BCUT2D eigenvalue weighted by molar-refractivity contribution is -0.188. The number of aliphatic hydroxyl groups is 2. The number of hydrogen-bond acceptors (Lipinski definition) is 20. The number of ether oxygens (including phenoxy) is 2. The number of hydrogen-bond donors (Lipinski definition) is 7. The molecule has 16 rings (SSSR count). The van der Waals surface area contributed by atoms with Crippen LogP contribution in [0.1, 0.15) is 156 Å². The summed E-state index contributed by atoms with van der Waals surface area (Å²) in [7, 11) is 14.9. The van der Waals surface area contributed by atoms with Gasteiger partial charge in [-0.25, -0.2) is 19.4 Å². The molecule has 4 amide bonds. The molecule has 2 unspecified atom stereocenters. The number of carbonyl (C=O) groups is 6. The highest BCUT2D eigenvalue weighted by Crippen LogP contribution is 2.65. The summed E-state index contributed by atoms with van der Waals surface area (Å²) in [5.41, 5.74) is 4.74. The van der Waals surface area contributed by atoms with E-state index in [-0.39, 0.29) is 46.7 Å². The van der Waals surface area contributed by atoms with E-state index in [9.17, 15) is 53.7 Å². The second-order valence-corrected chi connectivity index (χ2v) is 34.7. The number of anilines is 2. The number of carbonyl (C=O) groups excluding carboxylic acids is 4. The summed E-state index contributed by atoms with van der Waals surface area (Å²) in [4.78, 5) is 111. The first-order valence-corrected chi connectivity index (χ1v) is 41.5. The highest BCUT2D eigenvalue weighted by Gasteiger charge is 2.73. The van der Waals surface area contributed by atoms with Gasteiger partial charge in [0, 0.05) is 92.9 Å². The number of barbiturate groups is 1. The maximum absolute atomic E-state index is 12.7. The first-order valence-electron chi connectivity index (χ1n) is 40.7. The van der Waals surface area contributed by atoms with Crippen molar-refractivity contribution in [2.24, 2.45) is 50.2 Å². The molecule has 1 spiro atoms. The predicted octanol–water partition coefficient (Wildman–Crippen LogP) is 12.2. The number of ketones is 1. The molecule has 5 fully saturated rings. The number of allylic oxidation sites excluding steroid dienone is 1. The molecule has 2 bridgehead atoms. The van der Waals surface area contributed by atoms with Crippen molar-refractivity contribution >= 4 is 69.9 Å². The number of carboxylic acid groups (broad SMARTS) is 2. The minimum absolute atomic E-state index is 0.0454. The van der Waals surface area contributed by atoms with Gasteiger partial charge in [-0.2, -0.15) is 0 Å². The van der Waals surface area contributed by atoms with E-state index in [1.54, 1.807) is 44.8 Å². The standard InChI is InChI=1S/C20H23NO4.C17H20N2S.C16H25NO2.C13H18O2.C11H16N2O3.C8H10N4O2.C6H5NO2/c22-13-4-3-12-9-15-20(24)6-5-14(23)18-19(20,16(12)17(13)25-18)7-8-21(15)10-11-1-2-11;1-13(18(2)3)12-19-14-8-4-6-10-16(14)20-17-11-7-5-9-15(17)19;1-17(2)12-14-7-4-5-10-16(14,18)13-8-6-9-15(11-13)19-3;1-9(2)8-11-4-6-12(7-5-11)10(3)13(14)15;1-4-5-11(6-7(2)3)8(14)12-10(16)13-9(11)15;1-10-4-9-6-5(10)7(13)12(3)8(14)11(6)2;8-6(9)5-2-1-3-7-4-5/h3-4,11,15,18,22,24H,1-2,5-10H2;4-11,13H,12H2,1-3H3;6,8-9,11,14,18H,4-5,7,10,12H2,1-3H3;4-7,9-10H,8H2,1-3H3,(H,14,15);4,7H,1,5-6H2,2-3H3,(H2,12,13,14,15,16);4H,1-3H3;1-4H,(H,8,9)/t15-,18+,19+,20-;;14-,16+;;;;/m1.1..../s1. The number of rotatable bonds is 18. The Morgan fingerprint density at radius 2 is 1.44 bits per heavy atom. The largest absolute Gasteiger partial charge is 0.504 e. The van der Waals surface area contributed by atoms with E-state index >= 15 is 0 Å². The molecule has 2 saturated heterocycles. The average Bonchev–Trinajstić information content (AvgIpc) is 1.46. The van der Waals surface area contributed by atoms with Gasteiger partial charge in [0.15, 0.2) is 34.6 Å². The van der Waals surface area contributed by atoms with E-state index in [0.717, 1.165) is 103 Å². The molecule has 3 aromatic heterocycles. The van der Waals surface area contributed by atoms with Crippen LogP contribution in [0.15, 0.2) is 172 Å². The fourth-order valence-electron chi connectivity index (χ4n) is 17.3. The number of aromatic nitrogens is 5. The number of carboxylic acids is 2. The molecule has 26 nitrogen and oxygen atoms in total. The summed E-state index contributed by atoms with van der Waals surface area (Å²) < 4.78 is 15.4. The van der Waals surface area contributed by atoms with Gasteiger partial charge in [0.1, 0.15) is 11.2 Å². The Balaban J connectivity index is 0.000000148. The molecular formula is C91H117N11O15S. The molecule has 8 aliphatic rings. The van der Waals surface area contributed by atoms with Gasteiger partial charge in [0.25, 0.3) is 5.56 Å². The second-order valence-electron chi connectivity index (χ2n) is 33.6. The molecule has 5 aromatic carbocycles. The predicted molar refractivity (Wildman–Crippen MR) is 456 cm³/mol. The average molecular weight is 1640 g/mol. The number of para-hydroxylation sites is 2. The van der Waals surface area contributed by atoms with E-state index in [4.69, 9.17) is 19.7 Å². The van der Waals surface area contributed by atoms with Gasteiger partial charge in [0.2, 0.25) is 11.8 Å². The minimum atomic E-state index is -1.19. The first-order chi connectivity index (χ1) is 56.0. The van der Waals surface area contributed by atoms with E-state index in [1.165, 1.54) is 88.5 Å². The number of nitrogens with zero attached hydrogens (tertiary/aromatic N) is 9. The quantitative estimate of drug-likeness (QED) is 0.0310. The number of imidazole rings is 1. The zero-order chi connectivity index (χ0) is 85.9. The molecule has 632 valence electrons. The fraction of sp³-hybridized carbons (Fsp3) is 0.473. The smallest absolute Gasteiger partial charge is 0.337 e. The van der Waals surface area contributed by atoms with E-state index in [2.05, 4.69) is 144 Å². The number of benzene rings is 5. The van der Waals surface area contributed by atoms with Crippen molar-refractivity contribution in [1.29, 1.82) is 0 Å². The van der Waals surface area contributed by atoms with Gasteiger partial charge < -0.3 is 54.3 Å². The number of likely N-dealkylation sites (N-methyl/N-ethyl adjacent to an activating group) is 1. The third-order valence-corrected chi connectivity index (χ3v) is 25.0. The number of piperidine rings is 1. The van der Waals surface area contributed by atoms with Crippen molar-refractivity contribution in [2.45, 2.75) is 176 Å². The summed E-state index contributed by atoms with van der Waals surface area (Å²) in [6.45, 7) is 19.6. The van der Waals surface area contributed by atoms with Crippen LogP contribution < -0.4 is 36.3 Å². The summed E-state index contributed by atoms with van der Waals surface area (Å²) in [5, 5.41) is 54.9. The molecular weight excluding hydrogens is 1520 g/mol. The number of pyridine rings is 1. The van der Waals surface area contributed by atoms with Gasteiger partial charge in [0.05, 0.1) is 52.9 Å². The van der Waals surface area contributed by atoms with Gasteiger partial charge >= 0.3 is 23.7 Å². The highest BCUT2D eigenvalue weighted by molar-refractivity contribution is 7.99. The molecule has 4 aliphatic carbocycles. The van der Waals surface area contributed by atoms with E-state index < -0.39 is 63.8 Å². The van der Waals surface area contributed by atoms with E-state index in [1.807, 2.05) is 80.2 Å². The van der Waals surface area contributed by atoms with Crippen molar-refractivity contribution in [3.05, 3.63) is 207 Å². The van der Waals surface area contributed by atoms with Crippen molar-refractivity contribution < 1.29 is 63.8 Å². The van der Waals surface area contributed by atoms with Crippen LogP contribution in [-0.4, -0.2) is 185 Å². The topological polar surface area (TPSA) is 334 Å². The monoisotopic (exact) mass is 1640 g/mol. The van der Waals surface area contributed by atoms with Gasteiger partial charge in [-0.15, -0.1) is 6.58 Å². The van der Waals surface area contributed by atoms with Crippen LogP contribution in [0.2, 0.25) is 0 Å². The number of aromatic hydroxyl groups is 1. The summed E-state index contributed by atoms with van der Waals surface area (Å²) in [5.74, 6) is 0.109. The molecule has 4 aliphatic heterocycles. The fourth-order valence-corrected chi connectivity index (χ4v) is 18.4. The van der Waals surface area contributed by atoms with Gasteiger partial charge in [-0.1, -0.05) is 125 Å². The zero-order valence-electron chi connectivity index (χ0n) is 70.5. The van der Waals surface area contributed by atoms with Crippen molar-refractivity contribution in [3.8, 4) is 17.2 Å². The molecule has 3 saturated carbocycles. The number of phenolic OH excluding ortho intramolecular Hbond substituents is 1. The zero-order valence-corrected chi connectivity index (χ0v) is 71.3. The van der Waals surface area contributed by atoms with Gasteiger partial charge in [-0.3, -0.25) is 53.6 Å². The molecule has 27 heteroatoms. The molecule has 0 radical (unpaired) electrons. The third kappa shape index (κ3) is 19.7. The van der Waals surface area contributed by atoms with Crippen molar-refractivity contribution in [1.82, 2.24) is 49.0 Å². The van der Waals surface area contributed by atoms with Crippen LogP contribution >= 0.6 is 11.8 Å². The maximum Gasteiger partial charge on any atom is 0.337 e. The second kappa shape index (κ2) is 38.6. The molecule has 8 atom stereocenters. The number of phenols is 1. The Hall–Kier alpha value is -10.3. The van der Waals surface area contributed by atoms with Crippen molar-refractivity contribution in [3.63, 3.8) is 0 Å². The summed E-state index contributed by atoms with van der Waals surface area (Å²) in [6.07, 6.45) is 16.1. The van der Waals surface area contributed by atoms with Crippen LogP contribution in [0.25, 0.3) is 11.2 Å². The molecule has 8 aromatic rings. The van der Waals surface area contributed by atoms with E-state index in [0.29, 0.717) is 54.1 Å². The normalized spacial score (nSPS) is 22.0. The summed E-state index contributed by atoms with van der Waals surface area (Å²) >= 11 is 1.87. The number of fused-ring (bicyclic) bond motifs is 3. The van der Waals surface area contributed by atoms with Crippen molar-refractivity contribution in [2.75, 3.05) is 66.4 Å². The Morgan fingerprint density at radius 1 is 0.780 bits per heavy atom. The number of aryl methyl sites for hydroxylation is 2. The molecule has 118 heavy (non-hydrogen) atoms. The number of imide groups is 2. The summed E-state index contributed by atoms with van der Waals surface area (Å²) in [6, 6.07) is 39.6. The number of nitrogens with one attached hydrogen (secondary N) is 2. The Kier molecular flexibility index (Phi) is 29.5. The third-order valence-electron chi connectivity index (χ3n) is 23.9. The Labute approximate surface area is 695 Å². The number of aliphatic carboxylic acids is 1. The van der Waals surface area contributed by atoms with Gasteiger partial charge in [-0.05, 0) is 207 Å². The maximum atomic E-state index is 12.7. The highest BCUT2D eigenvalue weighted by atomic mass is 32.2. The van der Waals surface area contributed by atoms with Crippen LogP contribution in [-0.2, 0) is 64.2 Å². The molecule has 7 N–H and O–H groups in total. The number of methoxy groups -OCH3 is 1.